The summed E-state index contributed by atoms with van der Waals surface area (Å²) in [6.07, 6.45) is 0.0411. The van der Waals surface area contributed by atoms with Gasteiger partial charge in [0, 0.05) is 6.20 Å². The number of carboxylic acids is 1. The molecule has 80 valence electrons. The maximum atomic E-state index is 10.7. The van der Waals surface area contributed by atoms with Crippen LogP contribution in [0.25, 0.3) is 0 Å². The molecule has 1 N–H and O–H groups in total. The SMILES string of the molecule is COC(=O)Oc1ncc(C(=O)O)cc1Cl. The van der Waals surface area contributed by atoms with Gasteiger partial charge in [0.05, 0.1) is 12.7 Å². The van der Waals surface area contributed by atoms with Crippen molar-refractivity contribution >= 4 is 23.7 Å². The van der Waals surface area contributed by atoms with Crippen LogP contribution in [0, 0.1) is 0 Å². The molecule has 0 aliphatic rings. The summed E-state index contributed by atoms with van der Waals surface area (Å²) in [6, 6.07) is 1.12. The number of pyridine rings is 1. The van der Waals surface area contributed by atoms with Crippen LogP contribution in [0.1, 0.15) is 10.4 Å². The number of aromatic nitrogens is 1. The van der Waals surface area contributed by atoms with E-state index in [0.29, 0.717) is 0 Å². The number of hydrogen-bond donors (Lipinski definition) is 1. The molecule has 7 heteroatoms. The van der Waals surface area contributed by atoms with Gasteiger partial charge in [0.2, 0.25) is 5.88 Å². The number of nitrogens with zero attached hydrogens (tertiary/aromatic N) is 1. The van der Waals surface area contributed by atoms with Crippen molar-refractivity contribution in [1.82, 2.24) is 4.98 Å². The highest BCUT2D eigenvalue weighted by atomic mass is 35.5. The summed E-state index contributed by atoms with van der Waals surface area (Å²) in [4.78, 5) is 24.8. The van der Waals surface area contributed by atoms with Crippen LogP contribution in [-0.2, 0) is 4.74 Å². The summed E-state index contributed by atoms with van der Waals surface area (Å²) in [7, 11) is 1.13. The minimum Gasteiger partial charge on any atom is -0.478 e. The number of rotatable bonds is 2. The molecular weight excluding hydrogens is 226 g/mol. The van der Waals surface area contributed by atoms with E-state index in [0.717, 1.165) is 19.4 Å². The van der Waals surface area contributed by atoms with Gasteiger partial charge in [-0.05, 0) is 6.07 Å². The van der Waals surface area contributed by atoms with Crippen LogP contribution in [0.3, 0.4) is 0 Å². The van der Waals surface area contributed by atoms with Gasteiger partial charge in [0.1, 0.15) is 5.02 Å². The van der Waals surface area contributed by atoms with E-state index in [1.807, 2.05) is 0 Å². The van der Waals surface area contributed by atoms with Gasteiger partial charge in [0.15, 0.2) is 0 Å². The second-order valence-electron chi connectivity index (χ2n) is 2.37. The van der Waals surface area contributed by atoms with Crippen molar-refractivity contribution in [3.63, 3.8) is 0 Å². The average molecular weight is 232 g/mol. The Hall–Kier alpha value is -1.82. The molecule has 0 saturated carbocycles. The Balaban J connectivity index is 2.93. The fourth-order valence-electron chi connectivity index (χ4n) is 0.738. The zero-order valence-electron chi connectivity index (χ0n) is 7.56. The number of carboxylic acid groups (broad SMARTS) is 1. The maximum absolute atomic E-state index is 10.7. The second kappa shape index (κ2) is 4.61. The Morgan fingerprint density at radius 3 is 2.67 bits per heavy atom. The lowest BCUT2D eigenvalue weighted by Gasteiger charge is -2.03. The molecular formula is C8H6ClNO5. The zero-order chi connectivity index (χ0) is 11.4. The quantitative estimate of drug-likeness (QED) is 0.778. The standard InChI is InChI=1S/C8H6ClNO5/c1-14-8(13)15-6-5(9)2-4(3-10-6)7(11)12/h2-3H,1H3,(H,11,12). The van der Waals surface area contributed by atoms with Crippen molar-refractivity contribution in [2.24, 2.45) is 0 Å². The first-order valence-electron chi connectivity index (χ1n) is 3.69. The molecule has 0 amide bonds. The van der Waals surface area contributed by atoms with Crippen molar-refractivity contribution in [2.45, 2.75) is 0 Å². The number of aromatic carboxylic acids is 1. The average Bonchev–Trinajstić information content (AvgIpc) is 2.20. The van der Waals surface area contributed by atoms with Crippen LogP contribution in [0.15, 0.2) is 12.3 Å². The lowest BCUT2D eigenvalue weighted by atomic mass is 10.3. The van der Waals surface area contributed by atoms with Crippen LogP contribution in [0.2, 0.25) is 5.02 Å². The summed E-state index contributed by atoms with van der Waals surface area (Å²) >= 11 is 5.62. The molecule has 1 aromatic heterocycles. The van der Waals surface area contributed by atoms with E-state index >= 15 is 0 Å². The van der Waals surface area contributed by atoms with Crippen molar-refractivity contribution in [1.29, 1.82) is 0 Å². The van der Waals surface area contributed by atoms with E-state index in [4.69, 9.17) is 16.7 Å². The number of methoxy groups -OCH3 is 1. The minimum atomic E-state index is -1.17. The highest BCUT2D eigenvalue weighted by Crippen LogP contribution is 2.22. The molecule has 0 fully saturated rings. The summed E-state index contributed by atoms with van der Waals surface area (Å²) in [6.45, 7) is 0. The first-order valence-corrected chi connectivity index (χ1v) is 4.07. The van der Waals surface area contributed by atoms with Gasteiger partial charge in [-0.3, -0.25) is 0 Å². The highest BCUT2D eigenvalue weighted by Gasteiger charge is 2.12. The topological polar surface area (TPSA) is 85.7 Å². The van der Waals surface area contributed by atoms with Gasteiger partial charge in [0.25, 0.3) is 0 Å². The van der Waals surface area contributed by atoms with Crippen LogP contribution in [-0.4, -0.2) is 29.3 Å². The highest BCUT2D eigenvalue weighted by molar-refractivity contribution is 6.32. The van der Waals surface area contributed by atoms with Gasteiger partial charge < -0.3 is 14.6 Å². The molecule has 1 rings (SSSR count). The van der Waals surface area contributed by atoms with Gasteiger partial charge in [-0.1, -0.05) is 11.6 Å². The predicted octanol–water partition coefficient (Wildman–Crippen LogP) is 1.58. The van der Waals surface area contributed by atoms with Gasteiger partial charge in [-0.15, -0.1) is 0 Å². The van der Waals surface area contributed by atoms with Crippen molar-refractivity contribution in [3.8, 4) is 5.88 Å². The molecule has 6 nitrogen and oxygen atoms in total. The Kier molecular flexibility index (Phi) is 3.46. The van der Waals surface area contributed by atoms with Crippen molar-refractivity contribution in [3.05, 3.63) is 22.8 Å². The molecule has 0 bridgehead atoms. The molecule has 0 aliphatic heterocycles. The monoisotopic (exact) mass is 231 g/mol. The number of carbonyl (C=O) groups excluding carboxylic acids is 1. The number of halogens is 1. The largest absolute Gasteiger partial charge is 0.514 e. The molecule has 1 heterocycles. The van der Waals surface area contributed by atoms with E-state index in [9.17, 15) is 9.59 Å². The fraction of sp³-hybridized carbons (Fsp3) is 0.125. The summed E-state index contributed by atoms with van der Waals surface area (Å²) in [5.74, 6) is -1.37. The second-order valence-corrected chi connectivity index (χ2v) is 2.78. The molecule has 0 aromatic carbocycles. The number of ether oxygens (including phenoxy) is 2. The number of hydrogen-bond acceptors (Lipinski definition) is 5. The van der Waals surface area contributed by atoms with Crippen molar-refractivity contribution < 1.29 is 24.2 Å². The van der Waals surface area contributed by atoms with Crippen LogP contribution >= 0.6 is 11.6 Å². The summed E-state index contributed by atoms with van der Waals surface area (Å²) in [5.41, 5.74) is -0.0998. The van der Waals surface area contributed by atoms with Crippen LogP contribution in [0.5, 0.6) is 5.88 Å². The van der Waals surface area contributed by atoms with E-state index in [1.54, 1.807) is 0 Å². The third-order valence-electron chi connectivity index (χ3n) is 1.40. The van der Waals surface area contributed by atoms with Crippen LogP contribution in [0.4, 0.5) is 4.79 Å². The maximum Gasteiger partial charge on any atom is 0.514 e. The molecule has 1 aromatic rings. The molecule has 0 radical (unpaired) electrons. The molecule has 0 aliphatic carbocycles. The molecule has 0 atom stereocenters. The summed E-state index contributed by atoms with van der Waals surface area (Å²) in [5, 5.41) is 8.51. The number of carbonyl (C=O) groups is 2. The first-order chi connectivity index (χ1) is 7.04. The third-order valence-corrected chi connectivity index (χ3v) is 1.67. The van der Waals surface area contributed by atoms with Crippen LogP contribution < -0.4 is 4.74 Å². The Bertz CT molecular complexity index is 406. The molecule has 0 spiro atoms. The molecule has 15 heavy (non-hydrogen) atoms. The molecule has 0 saturated heterocycles. The molecule has 0 unspecified atom stereocenters. The predicted molar refractivity (Wildman–Crippen MR) is 49.2 cm³/mol. The lowest BCUT2D eigenvalue weighted by Crippen LogP contribution is -2.09. The van der Waals surface area contributed by atoms with Gasteiger partial charge in [-0.25, -0.2) is 14.6 Å². The van der Waals surface area contributed by atoms with Gasteiger partial charge >= 0.3 is 12.1 Å². The Morgan fingerprint density at radius 2 is 2.20 bits per heavy atom. The Morgan fingerprint density at radius 1 is 1.53 bits per heavy atom. The smallest absolute Gasteiger partial charge is 0.478 e. The zero-order valence-corrected chi connectivity index (χ0v) is 8.32. The first kappa shape index (κ1) is 11.3. The van der Waals surface area contributed by atoms with E-state index in [-0.39, 0.29) is 16.5 Å². The summed E-state index contributed by atoms with van der Waals surface area (Å²) < 4.78 is 8.74. The third kappa shape index (κ3) is 2.81. The van der Waals surface area contributed by atoms with Gasteiger partial charge in [-0.2, -0.15) is 0 Å². The minimum absolute atomic E-state index is 0.0831. The van der Waals surface area contributed by atoms with Crippen molar-refractivity contribution in [2.75, 3.05) is 7.11 Å². The van der Waals surface area contributed by atoms with E-state index in [1.165, 1.54) is 0 Å². The normalized spacial score (nSPS) is 9.47. The Labute approximate surface area is 89.4 Å². The van der Waals surface area contributed by atoms with E-state index in [2.05, 4.69) is 14.5 Å². The lowest BCUT2D eigenvalue weighted by molar-refractivity contribution is 0.0696. The fourth-order valence-corrected chi connectivity index (χ4v) is 0.943. The van der Waals surface area contributed by atoms with E-state index < -0.39 is 12.1 Å².